The molecule has 0 saturated heterocycles. The minimum absolute atomic E-state index is 0.662. The topological polar surface area (TPSA) is 12.0 Å². The molecule has 0 radical (unpaired) electrons. The van der Waals surface area contributed by atoms with Crippen LogP contribution in [0.4, 0.5) is 0 Å². The molecule has 2 heteroatoms. The van der Waals surface area contributed by atoms with Crippen LogP contribution in [0.25, 0.3) is 0 Å². The Hall–Kier alpha value is -0.470. The standard InChI is InChI=1S/C19H31NS/c1-20-18-15-11-6-4-2-3-5-7-12-16-19(18)21-17-13-9-8-10-14-17/h8-10,13-14,18-20H,2-7,11-12,15-16H2,1H3. The molecule has 1 fully saturated rings. The van der Waals surface area contributed by atoms with Gasteiger partial charge in [0.2, 0.25) is 0 Å². The highest BCUT2D eigenvalue weighted by Crippen LogP contribution is 2.31. The summed E-state index contributed by atoms with van der Waals surface area (Å²) in [6.07, 6.45) is 14.1. The Morgan fingerprint density at radius 2 is 1.38 bits per heavy atom. The molecule has 1 saturated carbocycles. The van der Waals surface area contributed by atoms with Crippen molar-refractivity contribution in [2.45, 2.75) is 80.4 Å². The summed E-state index contributed by atoms with van der Waals surface area (Å²) in [6, 6.07) is 11.6. The SMILES string of the molecule is CNC1CCCCCCCCCCC1Sc1ccccc1. The van der Waals surface area contributed by atoms with E-state index in [0.29, 0.717) is 6.04 Å². The Morgan fingerprint density at radius 3 is 2.00 bits per heavy atom. The molecule has 0 bridgehead atoms. The first-order valence-corrected chi connectivity index (χ1v) is 9.67. The molecule has 0 aliphatic heterocycles. The maximum atomic E-state index is 3.61. The third-order valence-electron chi connectivity index (χ3n) is 4.60. The fraction of sp³-hybridized carbons (Fsp3) is 0.684. The zero-order valence-corrected chi connectivity index (χ0v) is 14.3. The molecule has 118 valence electrons. The summed E-state index contributed by atoms with van der Waals surface area (Å²) in [5.41, 5.74) is 0. The minimum Gasteiger partial charge on any atom is -0.316 e. The van der Waals surface area contributed by atoms with Crippen LogP contribution in [0.3, 0.4) is 0 Å². The van der Waals surface area contributed by atoms with E-state index in [1.54, 1.807) is 0 Å². The van der Waals surface area contributed by atoms with Gasteiger partial charge in [0.15, 0.2) is 0 Å². The molecule has 2 rings (SSSR count). The number of rotatable bonds is 3. The molecule has 0 aromatic heterocycles. The summed E-state index contributed by atoms with van der Waals surface area (Å²) in [5.74, 6) is 0. The third-order valence-corrected chi connectivity index (χ3v) is 6.02. The highest BCUT2D eigenvalue weighted by molar-refractivity contribution is 8.00. The highest BCUT2D eigenvalue weighted by Gasteiger charge is 2.20. The van der Waals surface area contributed by atoms with Gasteiger partial charge in [-0.3, -0.25) is 0 Å². The van der Waals surface area contributed by atoms with E-state index in [1.165, 1.54) is 69.1 Å². The number of hydrogen-bond acceptors (Lipinski definition) is 2. The number of thioether (sulfide) groups is 1. The van der Waals surface area contributed by atoms with Gasteiger partial charge < -0.3 is 5.32 Å². The zero-order valence-electron chi connectivity index (χ0n) is 13.5. The lowest BCUT2D eigenvalue weighted by atomic mass is 9.97. The summed E-state index contributed by atoms with van der Waals surface area (Å²) >= 11 is 2.09. The van der Waals surface area contributed by atoms with Crippen LogP contribution in [0.5, 0.6) is 0 Å². The molecule has 2 atom stereocenters. The minimum atomic E-state index is 0.662. The number of nitrogens with one attached hydrogen (secondary N) is 1. The summed E-state index contributed by atoms with van der Waals surface area (Å²) in [6.45, 7) is 0. The maximum absolute atomic E-state index is 3.61. The highest BCUT2D eigenvalue weighted by atomic mass is 32.2. The molecule has 0 amide bonds. The smallest absolute Gasteiger partial charge is 0.0248 e. The molecule has 1 aliphatic carbocycles. The summed E-state index contributed by atoms with van der Waals surface area (Å²) in [7, 11) is 2.15. The van der Waals surface area contributed by atoms with E-state index in [0.717, 1.165) is 5.25 Å². The molecule has 1 N–H and O–H groups in total. The van der Waals surface area contributed by atoms with Gasteiger partial charge in [0.25, 0.3) is 0 Å². The van der Waals surface area contributed by atoms with E-state index in [4.69, 9.17) is 0 Å². The number of benzene rings is 1. The van der Waals surface area contributed by atoms with Gasteiger partial charge in [-0.05, 0) is 32.0 Å². The van der Waals surface area contributed by atoms with Crippen LogP contribution in [0, 0.1) is 0 Å². The normalized spacial score (nSPS) is 25.8. The van der Waals surface area contributed by atoms with Gasteiger partial charge in [0.05, 0.1) is 0 Å². The van der Waals surface area contributed by atoms with Gasteiger partial charge in [-0.1, -0.05) is 69.6 Å². The molecule has 2 unspecified atom stereocenters. The molecular weight excluding hydrogens is 274 g/mol. The zero-order chi connectivity index (χ0) is 14.8. The predicted octanol–water partition coefficient (Wildman–Crippen LogP) is 5.65. The fourth-order valence-corrected chi connectivity index (χ4v) is 4.69. The molecule has 0 heterocycles. The van der Waals surface area contributed by atoms with Gasteiger partial charge in [0.1, 0.15) is 0 Å². The maximum Gasteiger partial charge on any atom is 0.0248 e. The van der Waals surface area contributed by atoms with Crippen molar-refractivity contribution in [2.75, 3.05) is 7.05 Å². The summed E-state index contributed by atoms with van der Waals surface area (Å²) in [4.78, 5) is 1.43. The van der Waals surface area contributed by atoms with Gasteiger partial charge in [-0.15, -0.1) is 11.8 Å². The van der Waals surface area contributed by atoms with Crippen molar-refractivity contribution in [3.63, 3.8) is 0 Å². The van der Waals surface area contributed by atoms with E-state index in [2.05, 4.69) is 54.5 Å². The van der Waals surface area contributed by atoms with Gasteiger partial charge >= 0.3 is 0 Å². The Balaban J connectivity index is 1.96. The van der Waals surface area contributed by atoms with Crippen LogP contribution >= 0.6 is 11.8 Å². The summed E-state index contributed by atoms with van der Waals surface area (Å²) < 4.78 is 0. The monoisotopic (exact) mass is 305 g/mol. The van der Waals surface area contributed by atoms with Crippen LogP contribution in [-0.2, 0) is 0 Å². The molecule has 21 heavy (non-hydrogen) atoms. The third kappa shape index (κ3) is 6.44. The number of hydrogen-bond donors (Lipinski definition) is 1. The van der Waals surface area contributed by atoms with Crippen molar-refractivity contribution in [1.82, 2.24) is 5.32 Å². The van der Waals surface area contributed by atoms with Crippen LogP contribution in [0.15, 0.2) is 35.2 Å². The lowest BCUT2D eigenvalue weighted by molar-refractivity contribution is 0.434. The second kappa shape index (κ2) is 10.3. The first-order chi connectivity index (χ1) is 10.4. The fourth-order valence-electron chi connectivity index (χ4n) is 3.30. The average Bonchev–Trinajstić information content (AvgIpc) is 2.51. The van der Waals surface area contributed by atoms with Crippen LogP contribution in [0.1, 0.15) is 64.2 Å². The Labute approximate surface area is 135 Å². The largest absolute Gasteiger partial charge is 0.316 e. The van der Waals surface area contributed by atoms with Crippen molar-refractivity contribution in [3.05, 3.63) is 30.3 Å². The van der Waals surface area contributed by atoms with Crippen molar-refractivity contribution < 1.29 is 0 Å². The van der Waals surface area contributed by atoms with Crippen LogP contribution in [0.2, 0.25) is 0 Å². The molecule has 1 aromatic carbocycles. The van der Waals surface area contributed by atoms with Crippen molar-refractivity contribution in [2.24, 2.45) is 0 Å². The molecule has 0 spiro atoms. The first-order valence-electron chi connectivity index (χ1n) is 8.79. The first kappa shape index (κ1) is 16.9. The predicted molar refractivity (Wildman–Crippen MR) is 95.1 cm³/mol. The van der Waals surface area contributed by atoms with E-state index < -0.39 is 0 Å². The Bertz CT molecular complexity index is 365. The average molecular weight is 306 g/mol. The van der Waals surface area contributed by atoms with E-state index in [1.807, 2.05) is 0 Å². The van der Waals surface area contributed by atoms with E-state index >= 15 is 0 Å². The quantitative estimate of drug-likeness (QED) is 0.774. The lowest BCUT2D eigenvalue weighted by Crippen LogP contribution is -2.35. The van der Waals surface area contributed by atoms with Gasteiger partial charge in [-0.2, -0.15) is 0 Å². The molecule has 1 aromatic rings. The van der Waals surface area contributed by atoms with Gasteiger partial charge in [-0.25, -0.2) is 0 Å². The van der Waals surface area contributed by atoms with Crippen molar-refractivity contribution in [3.8, 4) is 0 Å². The molecule has 1 aliphatic rings. The van der Waals surface area contributed by atoms with Crippen LogP contribution in [-0.4, -0.2) is 18.3 Å². The Kier molecular flexibility index (Phi) is 8.28. The van der Waals surface area contributed by atoms with Crippen LogP contribution < -0.4 is 5.32 Å². The van der Waals surface area contributed by atoms with E-state index in [9.17, 15) is 0 Å². The Morgan fingerprint density at radius 1 is 0.810 bits per heavy atom. The second-order valence-electron chi connectivity index (χ2n) is 6.27. The van der Waals surface area contributed by atoms with Crippen molar-refractivity contribution >= 4 is 11.8 Å². The van der Waals surface area contributed by atoms with Crippen molar-refractivity contribution in [1.29, 1.82) is 0 Å². The van der Waals surface area contributed by atoms with E-state index in [-0.39, 0.29) is 0 Å². The van der Waals surface area contributed by atoms with Gasteiger partial charge in [0, 0.05) is 16.2 Å². The summed E-state index contributed by atoms with van der Waals surface area (Å²) in [5, 5.41) is 4.32. The second-order valence-corrected chi connectivity index (χ2v) is 7.58. The molecular formula is C19H31NS. The molecule has 1 nitrogen and oxygen atoms in total. The lowest BCUT2D eigenvalue weighted by Gasteiger charge is -2.27.